The molecule has 13 nitrogen and oxygen atoms in total. The summed E-state index contributed by atoms with van der Waals surface area (Å²) < 4.78 is 30.7. The number of aryl methyl sites for hydroxylation is 1. The summed E-state index contributed by atoms with van der Waals surface area (Å²) in [7, 11) is 1.50. The van der Waals surface area contributed by atoms with Crippen LogP contribution in [0.15, 0.2) is 70.4 Å². The number of amides is 1. The van der Waals surface area contributed by atoms with Crippen LogP contribution in [0.1, 0.15) is 74.6 Å². The van der Waals surface area contributed by atoms with E-state index in [4.69, 9.17) is 23.7 Å². The molecule has 3 aromatic rings. The van der Waals surface area contributed by atoms with Crippen LogP contribution in [-0.2, 0) is 33.6 Å². The highest BCUT2D eigenvalue weighted by Gasteiger charge is 2.59. The molecule has 2 fully saturated rings. The van der Waals surface area contributed by atoms with Gasteiger partial charge in [-0.15, -0.1) is 0 Å². The van der Waals surface area contributed by atoms with Gasteiger partial charge in [0.2, 0.25) is 6.29 Å². The summed E-state index contributed by atoms with van der Waals surface area (Å²) in [5.74, 6) is 2.71. The molecule has 308 valence electrons. The number of aliphatic imine (C=N–C) groups is 1. The maximum atomic E-state index is 14.8. The number of ketones is 1. The van der Waals surface area contributed by atoms with Crippen molar-refractivity contribution >= 4 is 28.7 Å². The Bertz CT molecular complexity index is 2510. The third-order valence-corrected chi connectivity index (χ3v) is 13.3. The topological polar surface area (TPSA) is 177 Å². The Labute approximate surface area is 346 Å². The summed E-state index contributed by atoms with van der Waals surface area (Å²) in [4.78, 5) is 34.6. The minimum Gasteiger partial charge on any atom is -0.506 e. The summed E-state index contributed by atoms with van der Waals surface area (Å²) in [6.07, 6.45) is 10.5. The highest BCUT2D eigenvalue weighted by atomic mass is 16.7. The van der Waals surface area contributed by atoms with Crippen molar-refractivity contribution in [2.45, 2.75) is 81.2 Å². The molecule has 60 heavy (non-hydrogen) atoms. The number of aliphatic hydroxyl groups is 3. The Morgan fingerprint density at radius 2 is 2.02 bits per heavy atom. The number of phenolic OH excluding ortho intramolecular Hbond substituents is 1. The molecule has 1 saturated carbocycles. The van der Waals surface area contributed by atoms with Crippen LogP contribution in [-0.4, -0.2) is 107 Å². The lowest BCUT2D eigenvalue weighted by atomic mass is 9.72. The quantitative estimate of drug-likeness (QED) is 0.206. The van der Waals surface area contributed by atoms with Crippen LogP contribution in [0.3, 0.4) is 0 Å². The van der Waals surface area contributed by atoms with Crippen LogP contribution >= 0.6 is 0 Å². The summed E-state index contributed by atoms with van der Waals surface area (Å²) in [5.41, 5.74) is 3.94. The van der Waals surface area contributed by atoms with Crippen molar-refractivity contribution in [2.24, 2.45) is 10.9 Å². The number of benzene rings is 3. The first-order valence-corrected chi connectivity index (χ1v) is 20.5. The van der Waals surface area contributed by atoms with Crippen LogP contribution in [0.2, 0.25) is 0 Å². The van der Waals surface area contributed by atoms with Gasteiger partial charge >= 0.3 is 0 Å². The van der Waals surface area contributed by atoms with Gasteiger partial charge in [-0.05, 0) is 77.3 Å². The van der Waals surface area contributed by atoms with Gasteiger partial charge in [-0.1, -0.05) is 24.5 Å². The van der Waals surface area contributed by atoms with Gasteiger partial charge < -0.3 is 49.0 Å². The van der Waals surface area contributed by atoms with Crippen LogP contribution < -0.4 is 9.47 Å². The second-order valence-electron chi connectivity index (χ2n) is 16.6. The molecule has 0 unspecified atom stereocenters. The predicted molar refractivity (Wildman–Crippen MR) is 218 cm³/mol. The maximum absolute atomic E-state index is 14.8. The van der Waals surface area contributed by atoms with Crippen molar-refractivity contribution < 1.29 is 53.7 Å². The van der Waals surface area contributed by atoms with Crippen molar-refractivity contribution in [1.29, 1.82) is 0 Å². The van der Waals surface area contributed by atoms with Gasteiger partial charge in [0.15, 0.2) is 23.2 Å². The molecule has 4 N–H and O–H groups in total. The van der Waals surface area contributed by atoms with Crippen molar-refractivity contribution in [3.8, 4) is 29.3 Å². The molecular weight excluding hydrogens is 769 g/mol. The van der Waals surface area contributed by atoms with Gasteiger partial charge in [0.1, 0.15) is 47.7 Å². The fourth-order valence-corrected chi connectivity index (χ4v) is 10.3. The molecule has 13 heteroatoms. The van der Waals surface area contributed by atoms with E-state index in [-0.39, 0.29) is 67.0 Å². The average Bonchev–Trinajstić information content (AvgIpc) is 3.99. The summed E-state index contributed by atoms with van der Waals surface area (Å²) >= 11 is 0. The zero-order valence-electron chi connectivity index (χ0n) is 33.1. The van der Waals surface area contributed by atoms with Crippen molar-refractivity contribution in [1.82, 2.24) is 4.90 Å². The molecule has 0 aromatic heterocycles. The largest absolute Gasteiger partial charge is 0.506 e. The Morgan fingerprint density at radius 1 is 1.13 bits per heavy atom. The van der Waals surface area contributed by atoms with E-state index >= 15 is 0 Å². The van der Waals surface area contributed by atoms with E-state index in [1.165, 1.54) is 18.1 Å². The number of rotatable bonds is 6. The summed E-state index contributed by atoms with van der Waals surface area (Å²) in [5, 5.41) is 48.4. The van der Waals surface area contributed by atoms with Gasteiger partial charge in [0.25, 0.3) is 5.91 Å². The summed E-state index contributed by atoms with van der Waals surface area (Å²) in [6, 6.07) is 8.67. The molecule has 1 saturated heterocycles. The Morgan fingerprint density at radius 3 is 2.87 bits per heavy atom. The molecule has 7 atom stereocenters. The molecule has 4 heterocycles. The van der Waals surface area contributed by atoms with Crippen molar-refractivity contribution in [3.63, 3.8) is 0 Å². The second-order valence-corrected chi connectivity index (χ2v) is 16.6. The number of carbonyl (C=O) groups is 2. The van der Waals surface area contributed by atoms with E-state index in [0.717, 1.165) is 64.8 Å². The summed E-state index contributed by atoms with van der Waals surface area (Å²) in [6.45, 7) is -1.12. The molecule has 10 rings (SSSR count). The number of phenols is 1. The number of Topliss-reactive ketones (excluding diaryl/α,β-unsaturated/α-hetero) is 1. The van der Waals surface area contributed by atoms with E-state index in [9.17, 15) is 30.0 Å². The number of carbonyl (C=O) groups excluding carboxylic acids is 2. The smallest absolute Gasteiger partial charge is 0.254 e. The number of ether oxygens (including phenoxy) is 5. The number of nitrogens with zero attached hydrogens (tertiary/aromatic N) is 2. The fourth-order valence-electron chi connectivity index (χ4n) is 10.3. The molecule has 3 aliphatic carbocycles. The van der Waals surface area contributed by atoms with Gasteiger partial charge in [-0.25, -0.2) is 0 Å². The number of methoxy groups -OCH3 is 1. The zero-order valence-corrected chi connectivity index (χ0v) is 33.1. The van der Waals surface area contributed by atoms with Crippen LogP contribution in [0.5, 0.6) is 17.2 Å². The highest BCUT2D eigenvalue weighted by molar-refractivity contribution is 6.12. The Balaban J connectivity index is 1.11. The Kier molecular flexibility index (Phi) is 9.73. The first kappa shape index (κ1) is 38.6. The lowest BCUT2D eigenvalue weighted by Crippen LogP contribution is -2.70. The van der Waals surface area contributed by atoms with Crippen molar-refractivity contribution in [2.75, 3.05) is 33.5 Å². The molecule has 6 bridgehead atoms. The molecule has 7 aliphatic rings. The second kappa shape index (κ2) is 15.1. The monoisotopic (exact) mass is 813 g/mol. The molecular formula is C47H45N2O11+. The first-order chi connectivity index (χ1) is 29.2. The minimum absolute atomic E-state index is 0.00486. The highest BCUT2D eigenvalue weighted by Crippen LogP contribution is 2.54. The van der Waals surface area contributed by atoms with Gasteiger partial charge in [0.05, 0.1) is 49.6 Å². The number of hydrogen-bond acceptors (Lipinski definition) is 12. The third-order valence-electron chi connectivity index (χ3n) is 13.3. The van der Waals surface area contributed by atoms with Gasteiger partial charge in [-0.2, -0.15) is 4.99 Å². The van der Waals surface area contributed by atoms with E-state index in [2.05, 4.69) is 17.0 Å². The lowest BCUT2D eigenvalue weighted by molar-refractivity contribution is -0.327. The molecule has 3 aromatic carbocycles. The van der Waals surface area contributed by atoms with E-state index in [0.29, 0.717) is 29.0 Å². The van der Waals surface area contributed by atoms with Crippen LogP contribution in [0, 0.1) is 24.4 Å². The molecule has 0 spiro atoms. The SMILES string of the molecule is COc1cc2c3c(O)c(c4c(c3c1)CC[C@@H]1CCC[C@@H]41)C(=O)CN1Cc3c(cccc3C1=O)CC#CO[C@H]1[C@H](O)[C@@H](COCC3=C4[CH+]C=CC=C4N=C3)O[C@@H](O2)[C@@]1(O)CO. The van der Waals surface area contributed by atoms with Crippen LogP contribution in [0.4, 0.5) is 0 Å². The normalized spacial score (nSPS) is 28.8. The van der Waals surface area contributed by atoms with Gasteiger partial charge in [0, 0.05) is 49.2 Å². The average molecular weight is 814 g/mol. The minimum atomic E-state index is -2.42. The lowest BCUT2D eigenvalue weighted by Gasteiger charge is -2.47. The molecule has 1 amide bonds. The van der Waals surface area contributed by atoms with E-state index in [1.54, 1.807) is 18.3 Å². The van der Waals surface area contributed by atoms with Gasteiger partial charge in [-0.3, -0.25) is 9.59 Å². The van der Waals surface area contributed by atoms with E-state index < -0.39 is 42.6 Å². The van der Waals surface area contributed by atoms with Crippen molar-refractivity contribution in [3.05, 3.63) is 105 Å². The maximum Gasteiger partial charge on any atom is 0.254 e. The number of allylic oxidation sites excluding steroid dienone is 4. The first-order valence-electron chi connectivity index (χ1n) is 20.5. The number of hydrogen-bond donors (Lipinski definition) is 4. The Hall–Kier alpha value is -5.62. The van der Waals surface area contributed by atoms with E-state index in [1.807, 2.05) is 36.8 Å². The zero-order chi connectivity index (χ0) is 41.3. The number of aliphatic hydroxyl groups excluding tert-OH is 2. The van der Waals surface area contributed by atoms with Crippen LogP contribution in [0.25, 0.3) is 10.8 Å². The fraction of sp³-hybridized carbons (Fsp3) is 0.404. The third kappa shape index (κ3) is 6.20. The standard InChI is InChI=1S/C47H44N2O11/c1-56-28-17-33-31-15-14-26-8-4-11-30(26)39(31)41-36(51)21-49-20-34-25(7-5-12-32(34)45(49)54)9-6-16-58-44-42(52)38(23-57-22-27-19-48-35-13-3-2-10-29(27)35)60-46(47(44,55)24-50)59-37(18-28)40(33)43(41)53/h2-3,5,7,10,12-13,17-19,26,30,38,42,44,46,50,52,55H,4,8-9,11,14-15,20-24H2,1H3/p+1/t26-,30+,38+,42+,44-,46+,47+/m0/s1. The molecule has 0 radical (unpaired) electrons. The molecule has 4 aliphatic heterocycles. The number of aromatic hydroxyl groups is 1. The number of fused-ring (bicyclic) bond motifs is 10. The predicted octanol–water partition coefficient (Wildman–Crippen LogP) is 4.37.